The number of hydrogen-bond acceptors (Lipinski definition) is 5. The third-order valence-electron chi connectivity index (χ3n) is 2.85. The highest BCUT2D eigenvalue weighted by atomic mass is 35.5. The van der Waals surface area contributed by atoms with E-state index in [0.29, 0.717) is 5.56 Å². The monoisotopic (exact) mass is 319 g/mol. The summed E-state index contributed by atoms with van der Waals surface area (Å²) in [5.41, 5.74) is -0.170. The maximum absolute atomic E-state index is 12.1. The molecule has 112 valence electrons. The van der Waals surface area contributed by atoms with Crippen molar-refractivity contribution in [1.29, 1.82) is 0 Å². The van der Waals surface area contributed by atoms with Crippen LogP contribution in [0, 0.1) is 10.1 Å². The van der Waals surface area contributed by atoms with Crippen LogP contribution in [-0.2, 0) is 0 Å². The molecule has 0 unspecified atom stereocenters. The molecule has 0 aliphatic rings. The fourth-order valence-electron chi connectivity index (χ4n) is 1.75. The minimum Gasteiger partial charge on any atom is -0.423 e. The van der Waals surface area contributed by atoms with E-state index in [1.165, 1.54) is 43.3 Å². The zero-order valence-electron chi connectivity index (χ0n) is 11.4. The number of hydrogen-bond donors (Lipinski definition) is 0. The molecule has 0 atom stereocenters. The first-order valence-corrected chi connectivity index (χ1v) is 6.53. The predicted octanol–water partition coefficient (Wildman–Crippen LogP) is 3.67. The number of carbonyl (C=O) groups is 2. The van der Waals surface area contributed by atoms with Crippen LogP contribution in [-0.4, -0.2) is 16.7 Å². The molecule has 0 amide bonds. The van der Waals surface area contributed by atoms with Gasteiger partial charge in [0.1, 0.15) is 11.3 Å². The summed E-state index contributed by atoms with van der Waals surface area (Å²) in [6, 6.07) is 9.49. The molecule has 0 N–H and O–H groups in total. The van der Waals surface area contributed by atoms with E-state index in [1.54, 1.807) is 0 Å². The highest BCUT2D eigenvalue weighted by molar-refractivity contribution is 6.31. The van der Waals surface area contributed by atoms with Gasteiger partial charge in [0.05, 0.1) is 4.92 Å². The standard InChI is InChI=1S/C15H10ClNO5/c1-9(18)10-2-5-12(6-3-10)22-15(19)13-8-11(16)4-7-14(13)17(20)21/h2-8H,1H3. The van der Waals surface area contributed by atoms with Gasteiger partial charge < -0.3 is 4.74 Å². The van der Waals surface area contributed by atoms with Gasteiger partial charge in [0.25, 0.3) is 5.69 Å². The molecule has 0 radical (unpaired) electrons. The molecular formula is C15H10ClNO5. The first-order valence-electron chi connectivity index (χ1n) is 6.15. The first-order chi connectivity index (χ1) is 10.4. The van der Waals surface area contributed by atoms with Gasteiger partial charge in [-0.05, 0) is 43.3 Å². The van der Waals surface area contributed by atoms with Crippen molar-refractivity contribution in [3.05, 3.63) is 68.7 Å². The number of rotatable bonds is 4. The Hall–Kier alpha value is -2.73. The van der Waals surface area contributed by atoms with Crippen molar-refractivity contribution < 1.29 is 19.2 Å². The Morgan fingerprint density at radius 1 is 1.14 bits per heavy atom. The third-order valence-corrected chi connectivity index (χ3v) is 3.08. The lowest BCUT2D eigenvalue weighted by atomic mass is 10.1. The summed E-state index contributed by atoms with van der Waals surface area (Å²) >= 11 is 5.76. The Bertz CT molecular complexity index is 755. The van der Waals surface area contributed by atoms with Crippen LogP contribution < -0.4 is 4.74 Å². The van der Waals surface area contributed by atoms with Crippen LogP contribution in [0.1, 0.15) is 27.6 Å². The molecule has 0 saturated carbocycles. The van der Waals surface area contributed by atoms with Crippen LogP contribution in [0.2, 0.25) is 5.02 Å². The fourth-order valence-corrected chi connectivity index (χ4v) is 1.92. The summed E-state index contributed by atoms with van der Waals surface area (Å²) in [5, 5.41) is 11.1. The molecule has 22 heavy (non-hydrogen) atoms. The molecule has 2 aromatic carbocycles. The van der Waals surface area contributed by atoms with Gasteiger partial charge in [-0.25, -0.2) is 4.79 Å². The number of esters is 1. The number of ether oxygens (including phenoxy) is 1. The first kappa shape index (κ1) is 15.7. The van der Waals surface area contributed by atoms with Crippen molar-refractivity contribution in [1.82, 2.24) is 0 Å². The smallest absolute Gasteiger partial charge is 0.350 e. The van der Waals surface area contributed by atoms with Gasteiger partial charge in [0, 0.05) is 16.7 Å². The highest BCUT2D eigenvalue weighted by Crippen LogP contribution is 2.24. The summed E-state index contributed by atoms with van der Waals surface area (Å²) in [6.07, 6.45) is 0. The minimum absolute atomic E-state index is 0.122. The number of halogens is 1. The fraction of sp³-hybridized carbons (Fsp3) is 0.0667. The highest BCUT2D eigenvalue weighted by Gasteiger charge is 2.22. The molecule has 2 rings (SSSR count). The molecule has 0 bridgehead atoms. The summed E-state index contributed by atoms with van der Waals surface area (Å²) in [6.45, 7) is 1.41. The lowest BCUT2D eigenvalue weighted by Crippen LogP contribution is -2.11. The van der Waals surface area contributed by atoms with E-state index in [0.717, 1.165) is 6.07 Å². The molecule has 7 heteroatoms. The van der Waals surface area contributed by atoms with Gasteiger partial charge in [-0.3, -0.25) is 14.9 Å². The maximum Gasteiger partial charge on any atom is 0.350 e. The summed E-state index contributed by atoms with van der Waals surface area (Å²) in [5.74, 6) is -0.850. The van der Waals surface area contributed by atoms with E-state index in [1.807, 2.05) is 0 Å². The van der Waals surface area contributed by atoms with E-state index in [2.05, 4.69) is 0 Å². The van der Waals surface area contributed by atoms with Crippen LogP contribution in [0.4, 0.5) is 5.69 Å². The van der Waals surface area contributed by atoms with Gasteiger partial charge in [-0.1, -0.05) is 11.6 Å². The Morgan fingerprint density at radius 3 is 2.32 bits per heavy atom. The Kier molecular flexibility index (Phi) is 4.53. The number of nitrogens with zero attached hydrogens (tertiary/aromatic N) is 1. The zero-order valence-corrected chi connectivity index (χ0v) is 12.2. The topological polar surface area (TPSA) is 86.5 Å². The van der Waals surface area contributed by atoms with Crippen molar-refractivity contribution in [2.45, 2.75) is 6.92 Å². The molecule has 6 nitrogen and oxygen atoms in total. The van der Waals surface area contributed by atoms with Crippen molar-refractivity contribution in [2.75, 3.05) is 0 Å². The molecular weight excluding hydrogens is 310 g/mol. The molecule has 0 fully saturated rings. The Balaban J connectivity index is 2.27. The molecule has 0 heterocycles. The average molecular weight is 320 g/mol. The number of Topliss-reactive ketones (excluding diaryl/α,β-unsaturated/α-hetero) is 1. The summed E-state index contributed by atoms with van der Waals surface area (Å²) in [4.78, 5) is 33.5. The minimum atomic E-state index is -0.898. The second kappa shape index (κ2) is 6.36. The van der Waals surface area contributed by atoms with Gasteiger partial charge in [0.2, 0.25) is 0 Å². The van der Waals surface area contributed by atoms with Crippen LogP contribution >= 0.6 is 11.6 Å². The van der Waals surface area contributed by atoms with E-state index in [4.69, 9.17) is 16.3 Å². The molecule has 0 spiro atoms. The number of nitro groups is 1. The number of ketones is 1. The number of nitro benzene ring substituents is 1. The van der Waals surface area contributed by atoms with E-state index < -0.39 is 16.6 Å². The Morgan fingerprint density at radius 2 is 1.77 bits per heavy atom. The van der Waals surface area contributed by atoms with Crippen LogP contribution in [0.15, 0.2) is 42.5 Å². The zero-order chi connectivity index (χ0) is 16.3. The molecule has 0 aromatic heterocycles. The third kappa shape index (κ3) is 3.48. The van der Waals surface area contributed by atoms with E-state index in [9.17, 15) is 19.7 Å². The van der Waals surface area contributed by atoms with Gasteiger partial charge in [-0.15, -0.1) is 0 Å². The number of carbonyl (C=O) groups excluding carboxylic acids is 2. The Labute approximate surface area is 130 Å². The van der Waals surface area contributed by atoms with Crippen molar-refractivity contribution in [3.8, 4) is 5.75 Å². The number of benzene rings is 2. The molecule has 2 aromatic rings. The lowest BCUT2D eigenvalue weighted by Gasteiger charge is -2.06. The van der Waals surface area contributed by atoms with Crippen molar-refractivity contribution >= 4 is 29.0 Å². The summed E-state index contributed by atoms with van der Waals surface area (Å²) in [7, 11) is 0. The van der Waals surface area contributed by atoms with Crippen LogP contribution in [0.25, 0.3) is 0 Å². The molecule has 0 aliphatic carbocycles. The summed E-state index contributed by atoms with van der Waals surface area (Å²) < 4.78 is 5.07. The second-order valence-electron chi connectivity index (χ2n) is 4.39. The molecule has 0 saturated heterocycles. The normalized spacial score (nSPS) is 10.1. The molecule has 0 aliphatic heterocycles. The van der Waals surface area contributed by atoms with Crippen LogP contribution in [0.5, 0.6) is 5.75 Å². The van der Waals surface area contributed by atoms with E-state index in [-0.39, 0.29) is 22.1 Å². The van der Waals surface area contributed by atoms with E-state index >= 15 is 0 Å². The predicted molar refractivity (Wildman–Crippen MR) is 79.5 cm³/mol. The van der Waals surface area contributed by atoms with Gasteiger partial charge in [-0.2, -0.15) is 0 Å². The van der Waals surface area contributed by atoms with Crippen LogP contribution in [0.3, 0.4) is 0 Å². The maximum atomic E-state index is 12.1. The quantitative estimate of drug-likeness (QED) is 0.282. The van der Waals surface area contributed by atoms with Gasteiger partial charge in [0.15, 0.2) is 5.78 Å². The van der Waals surface area contributed by atoms with Crippen molar-refractivity contribution in [2.24, 2.45) is 0 Å². The SMILES string of the molecule is CC(=O)c1ccc(OC(=O)c2cc(Cl)ccc2[N+](=O)[O-])cc1. The second-order valence-corrected chi connectivity index (χ2v) is 4.83. The lowest BCUT2D eigenvalue weighted by molar-refractivity contribution is -0.385. The van der Waals surface area contributed by atoms with Gasteiger partial charge >= 0.3 is 5.97 Å². The average Bonchev–Trinajstić information content (AvgIpc) is 2.47. The van der Waals surface area contributed by atoms with Crippen molar-refractivity contribution in [3.63, 3.8) is 0 Å². The largest absolute Gasteiger partial charge is 0.423 e.